The van der Waals surface area contributed by atoms with Gasteiger partial charge in [-0.2, -0.15) is 0 Å². The van der Waals surface area contributed by atoms with E-state index in [1.165, 1.54) is 31.7 Å². The van der Waals surface area contributed by atoms with Gasteiger partial charge in [0, 0.05) is 7.11 Å². The average Bonchev–Trinajstić information content (AvgIpc) is 2.36. The van der Waals surface area contributed by atoms with Crippen molar-refractivity contribution in [3.05, 3.63) is 0 Å². The lowest BCUT2D eigenvalue weighted by atomic mass is 10.0. The second kappa shape index (κ2) is 10.1. The minimum absolute atomic E-state index is 0.728. The zero-order valence-corrected chi connectivity index (χ0v) is 16.6. The monoisotopic (exact) mass is 319 g/mol. The molecule has 0 rings (SSSR count). The number of rotatable bonds is 12. The van der Waals surface area contributed by atoms with Gasteiger partial charge >= 0.3 is 8.56 Å². The third-order valence-corrected chi connectivity index (χ3v) is 11.6. The summed E-state index contributed by atoms with van der Waals surface area (Å²) in [6.07, 6.45) is 6.29. The van der Waals surface area contributed by atoms with E-state index >= 15 is 0 Å². The van der Waals surface area contributed by atoms with Crippen molar-refractivity contribution >= 4 is 16.9 Å². The lowest BCUT2D eigenvalue weighted by Crippen LogP contribution is -2.48. The maximum atomic E-state index is 6.52. The Balaban J connectivity index is 4.20. The smallest absolute Gasteiger partial charge is 0.324 e. The first-order valence-corrected chi connectivity index (χ1v) is 13.9. The van der Waals surface area contributed by atoms with E-state index in [0.29, 0.717) is 0 Å². The molecule has 5 heteroatoms. The summed E-state index contributed by atoms with van der Waals surface area (Å²) in [5, 5.41) is 0. The van der Waals surface area contributed by atoms with Gasteiger partial charge in [-0.25, -0.2) is 0 Å². The van der Waals surface area contributed by atoms with E-state index in [1.54, 1.807) is 7.11 Å². The van der Waals surface area contributed by atoms with Gasteiger partial charge in [-0.05, 0) is 50.6 Å². The van der Waals surface area contributed by atoms with Gasteiger partial charge in [0.05, 0.1) is 0 Å². The minimum Gasteiger partial charge on any atom is -0.436 e. The molecule has 0 aromatic carbocycles. The van der Waals surface area contributed by atoms with Crippen molar-refractivity contribution in [1.82, 2.24) is 0 Å². The Kier molecular flexibility index (Phi) is 10.3. The highest BCUT2D eigenvalue weighted by Crippen LogP contribution is 2.26. The summed E-state index contributed by atoms with van der Waals surface area (Å²) in [6, 6.07) is 2.26. The van der Waals surface area contributed by atoms with E-state index in [2.05, 4.69) is 33.5 Å². The highest BCUT2D eigenvalue weighted by atomic mass is 28.4. The van der Waals surface area contributed by atoms with Crippen molar-refractivity contribution in [3.8, 4) is 0 Å². The molecule has 20 heavy (non-hydrogen) atoms. The van der Waals surface area contributed by atoms with Crippen molar-refractivity contribution in [2.24, 2.45) is 11.7 Å². The molecule has 0 bridgehead atoms. The van der Waals surface area contributed by atoms with Crippen LogP contribution in [0.15, 0.2) is 0 Å². The Bertz CT molecular complexity index is 252. The Morgan fingerprint density at radius 1 is 1.05 bits per heavy atom. The highest BCUT2D eigenvalue weighted by Gasteiger charge is 2.37. The van der Waals surface area contributed by atoms with Crippen molar-refractivity contribution in [2.45, 2.75) is 77.7 Å². The van der Waals surface area contributed by atoms with Gasteiger partial charge in [-0.15, -0.1) is 0 Å². The normalized spacial score (nSPS) is 16.9. The van der Waals surface area contributed by atoms with E-state index in [1.807, 2.05) is 0 Å². The maximum absolute atomic E-state index is 6.52. The second-order valence-corrected chi connectivity index (χ2v) is 14.9. The summed E-state index contributed by atoms with van der Waals surface area (Å²) >= 11 is 0. The van der Waals surface area contributed by atoms with Gasteiger partial charge < -0.3 is 14.3 Å². The summed E-state index contributed by atoms with van der Waals surface area (Å²) in [6.45, 7) is 12.2. The molecule has 0 heterocycles. The van der Waals surface area contributed by atoms with Crippen LogP contribution >= 0.6 is 0 Å². The molecule has 0 aromatic heterocycles. The molecule has 2 unspecified atom stereocenters. The van der Waals surface area contributed by atoms with E-state index in [4.69, 9.17) is 14.3 Å². The molecular weight excluding hydrogens is 282 g/mol. The van der Waals surface area contributed by atoms with E-state index in [0.717, 1.165) is 24.9 Å². The van der Waals surface area contributed by atoms with E-state index < -0.39 is 16.9 Å². The van der Waals surface area contributed by atoms with Crippen molar-refractivity contribution in [2.75, 3.05) is 13.7 Å². The zero-order valence-electron chi connectivity index (χ0n) is 14.6. The zero-order chi connectivity index (χ0) is 15.6. The third kappa shape index (κ3) is 9.29. The molecule has 0 aliphatic carbocycles. The largest absolute Gasteiger partial charge is 0.436 e. The van der Waals surface area contributed by atoms with Crippen LogP contribution in [0.1, 0.15) is 46.0 Å². The first-order valence-electron chi connectivity index (χ1n) is 8.24. The predicted octanol–water partition coefficient (Wildman–Crippen LogP) is 4.49. The molecule has 122 valence electrons. The average molecular weight is 320 g/mol. The number of hydrogen-bond acceptors (Lipinski definition) is 3. The van der Waals surface area contributed by atoms with Crippen LogP contribution in [0.3, 0.4) is 0 Å². The summed E-state index contributed by atoms with van der Waals surface area (Å²) in [4.78, 5) is 0. The van der Waals surface area contributed by atoms with Gasteiger partial charge in [0.15, 0.2) is 8.32 Å². The van der Waals surface area contributed by atoms with Crippen LogP contribution in [-0.4, -0.2) is 30.5 Å². The molecule has 0 saturated heterocycles. The summed E-state index contributed by atoms with van der Waals surface area (Å²) < 4.78 is 12.3. The second-order valence-electron chi connectivity index (χ2n) is 6.88. The number of hydrogen-bond donors (Lipinski definition) is 1. The van der Waals surface area contributed by atoms with Gasteiger partial charge in [-0.1, -0.05) is 39.5 Å². The molecule has 2 atom stereocenters. The fraction of sp³-hybridized carbons (Fsp3) is 1.00. The van der Waals surface area contributed by atoms with Crippen LogP contribution in [0, 0.1) is 5.92 Å². The minimum atomic E-state index is -1.99. The van der Waals surface area contributed by atoms with Crippen LogP contribution in [-0.2, 0) is 8.54 Å². The molecule has 0 aliphatic heterocycles. The van der Waals surface area contributed by atoms with E-state index in [9.17, 15) is 0 Å². The molecule has 0 saturated carbocycles. The highest BCUT2D eigenvalue weighted by molar-refractivity contribution is 6.82. The Hall–Kier alpha value is 0.314. The van der Waals surface area contributed by atoms with Crippen LogP contribution in [0.4, 0.5) is 0 Å². The molecule has 2 N–H and O–H groups in total. The van der Waals surface area contributed by atoms with Crippen LogP contribution in [0.25, 0.3) is 0 Å². The molecule has 0 amide bonds. The van der Waals surface area contributed by atoms with Crippen LogP contribution < -0.4 is 5.73 Å². The summed E-state index contributed by atoms with van der Waals surface area (Å²) in [7, 11) is -1.79. The third-order valence-electron chi connectivity index (χ3n) is 4.02. The molecule has 0 aliphatic rings. The molecule has 3 nitrogen and oxygen atoms in total. The van der Waals surface area contributed by atoms with Gasteiger partial charge in [0.1, 0.15) is 0 Å². The summed E-state index contributed by atoms with van der Waals surface area (Å²) in [5.74, 6) is 0.855. The van der Waals surface area contributed by atoms with Crippen LogP contribution in [0.2, 0.25) is 31.7 Å². The molecule has 0 aromatic rings. The first-order chi connectivity index (χ1) is 9.28. The topological polar surface area (TPSA) is 44.5 Å². The fourth-order valence-electron chi connectivity index (χ4n) is 2.77. The Labute approximate surface area is 129 Å². The van der Waals surface area contributed by atoms with Crippen molar-refractivity contribution in [3.63, 3.8) is 0 Å². The Morgan fingerprint density at radius 2 is 1.70 bits per heavy atom. The first kappa shape index (κ1) is 20.3. The lowest BCUT2D eigenvalue weighted by molar-refractivity contribution is 0.299. The predicted molar refractivity (Wildman–Crippen MR) is 93.8 cm³/mol. The van der Waals surface area contributed by atoms with Gasteiger partial charge in [0.25, 0.3) is 0 Å². The van der Waals surface area contributed by atoms with Gasteiger partial charge in [0.2, 0.25) is 0 Å². The summed E-state index contributed by atoms with van der Waals surface area (Å²) in [5.41, 5.74) is 5.62. The molecular formula is C15H37NO2Si2. The van der Waals surface area contributed by atoms with Crippen molar-refractivity contribution in [1.29, 1.82) is 0 Å². The van der Waals surface area contributed by atoms with Crippen LogP contribution in [0.5, 0.6) is 0 Å². The molecule has 0 radical (unpaired) electrons. The quantitative estimate of drug-likeness (QED) is 0.539. The van der Waals surface area contributed by atoms with E-state index in [-0.39, 0.29) is 0 Å². The molecule has 0 spiro atoms. The maximum Gasteiger partial charge on any atom is 0.324 e. The van der Waals surface area contributed by atoms with Crippen molar-refractivity contribution < 1.29 is 8.54 Å². The number of nitrogens with two attached hydrogens (primary N) is 1. The molecule has 0 fully saturated rings. The van der Waals surface area contributed by atoms with Gasteiger partial charge in [-0.3, -0.25) is 0 Å². The lowest BCUT2D eigenvalue weighted by Gasteiger charge is -2.35. The fourth-order valence-corrected chi connectivity index (χ4v) is 10.7. The Morgan fingerprint density at radius 3 is 2.20 bits per heavy atom. The SMILES string of the molecule is CCCC(C)CCC[Si](C)(C)O[Si](C)(CCCN)OC. The standard InChI is InChI=1S/C15H37NO2Si2/c1-7-10-15(2)11-8-13-19(4,5)18-20(6,17-3)14-9-12-16/h15H,7-14,16H2,1-6H3.